The van der Waals surface area contributed by atoms with Crippen LogP contribution in [0, 0.1) is 22.7 Å². The number of rotatable bonds is 5. The van der Waals surface area contributed by atoms with Gasteiger partial charge < -0.3 is 26.0 Å². The van der Waals surface area contributed by atoms with E-state index < -0.39 is 23.0 Å². The van der Waals surface area contributed by atoms with Crippen LogP contribution in [-0.2, 0) is 14.3 Å². The molecular formula is C24H28N2O6. The average molecular weight is 440 g/mol. The predicted octanol–water partition coefficient (Wildman–Crippen LogP) is 2.63. The molecule has 1 aromatic carbocycles. The molecule has 1 aromatic rings. The minimum absolute atomic E-state index is 0.00454. The van der Waals surface area contributed by atoms with Crippen LogP contribution in [0.5, 0.6) is 11.5 Å². The maximum Gasteiger partial charge on any atom is 0.252 e. The van der Waals surface area contributed by atoms with Crippen molar-refractivity contribution < 1.29 is 29.3 Å². The third kappa shape index (κ3) is 2.75. The summed E-state index contributed by atoms with van der Waals surface area (Å²) in [6, 6.07) is 2.36. The summed E-state index contributed by atoms with van der Waals surface area (Å²) in [5.41, 5.74) is 3.82. The highest BCUT2D eigenvalue weighted by atomic mass is 16.5. The van der Waals surface area contributed by atoms with Gasteiger partial charge in [0.1, 0.15) is 11.4 Å². The Kier molecular flexibility index (Phi) is 4.31. The number of nitrogens with one attached hydrogen (secondary N) is 1. The highest BCUT2D eigenvalue weighted by molar-refractivity contribution is 6.02. The lowest BCUT2D eigenvalue weighted by atomic mass is 9.51. The molecule has 3 aliphatic carbocycles. The number of anilines is 1. The molecule has 170 valence electrons. The zero-order valence-corrected chi connectivity index (χ0v) is 18.2. The van der Waals surface area contributed by atoms with E-state index in [1.54, 1.807) is 6.08 Å². The first-order valence-electron chi connectivity index (χ1n) is 11.1. The van der Waals surface area contributed by atoms with Crippen molar-refractivity contribution in [1.82, 2.24) is 0 Å². The van der Waals surface area contributed by atoms with Crippen LogP contribution < -0.4 is 11.1 Å². The predicted molar refractivity (Wildman–Crippen MR) is 115 cm³/mol. The molecule has 2 heterocycles. The lowest BCUT2D eigenvalue weighted by molar-refractivity contribution is -0.169. The maximum atomic E-state index is 13.1. The van der Waals surface area contributed by atoms with Crippen LogP contribution in [0.25, 0.3) is 0 Å². The number of benzene rings is 1. The molecular weight excluding hydrogens is 412 g/mol. The Morgan fingerprint density at radius 2 is 2.03 bits per heavy atom. The van der Waals surface area contributed by atoms with Gasteiger partial charge in [0.05, 0.1) is 17.3 Å². The van der Waals surface area contributed by atoms with Gasteiger partial charge in [-0.05, 0) is 62.1 Å². The summed E-state index contributed by atoms with van der Waals surface area (Å²) in [7, 11) is 0. The van der Waals surface area contributed by atoms with Gasteiger partial charge in [-0.1, -0.05) is 13.0 Å². The third-order valence-corrected chi connectivity index (χ3v) is 8.47. The zero-order chi connectivity index (χ0) is 23.1. The van der Waals surface area contributed by atoms with Gasteiger partial charge in [0.15, 0.2) is 11.5 Å². The van der Waals surface area contributed by atoms with Gasteiger partial charge in [-0.3, -0.25) is 14.4 Å². The van der Waals surface area contributed by atoms with Crippen molar-refractivity contribution in [2.75, 3.05) is 5.32 Å². The highest BCUT2D eigenvalue weighted by Gasteiger charge is 2.71. The van der Waals surface area contributed by atoms with Crippen LogP contribution in [0.2, 0.25) is 0 Å². The summed E-state index contributed by atoms with van der Waals surface area (Å²) in [6.45, 7) is 4.11. The molecule has 2 aliphatic heterocycles. The third-order valence-electron chi connectivity index (χ3n) is 8.47. The molecule has 2 saturated heterocycles. The molecule has 6 rings (SSSR count). The smallest absolute Gasteiger partial charge is 0.252 e. The number of ketones is 1. The molecule has 4 fully saturated rings. The van der Waals surface area contributed by atoms with E-state index in [9.17, 15) is 24.6 Å². The van der Waals surface area contributed by atoms with Crippen LogP contribution in [-0.4, -0.2) is 39.5 Å². The molecule has 2 unspecified atom stereocenters. The highest BCUT2D eigenvalue weighted by Crippen LogP contribution is 2.71. The van der Waals surface area contributed by atoms with Crippen molar-refractivity contribution in [2.45, 2.75) is 57.7 Å². The molecule has 32 heavy (non-hydrogen) atoms. The fourth-order valence-electron chi connectivity index (χ4n) is 7.12. The second kappa shape index (κ2) is 6.57. The Bertz CT molecular complexity index is 1080. The van der Waals surface area contributed by atoms with E-state index in [1.807, 2.05) is 6.92 Å². The van der Waals surface area contributed by atoms with E-state index in [1.165, 1.54) is 12.1 Å². The lowest BCUT2D eigenvalue weighted by Gasteiger charge is -2.55. The number of phenolic OH excluding ortho intramolecular Hbond substituents is 1. The molecule has 4 bridgehead atoms. The van der Waals surface area contributed by atoms with Crippen molar-refractivity contribution in [2.24, 2.45) is 28.4 Å². The number of aromatic hydroxyl groups is 2. The molecule has 5 aliphatic rings. The molecule has 0 radical (unpaired) electrons. The minimum Gasteiger partial charge on any atom is -0.506 e. The van der Waals surface area contributed by atoms with Gasteiger partial charge in [0.2, 0.25) is 5.91 Å². The van der Waals surface area contributed by atoms with E-state index in [2.05, 4.69) is 18.3 Å². The number of amides is 2. The van der Waals surface area contributed by atoms with Crippen LogP contribution in [0.4, 0.5) is 5.69 Å². The Labute approximate surface area is 185 Å². The molecule has 5 N–H and O–H groups in total. The van der Waals surface area contributed by atoms with Crippen LogP contribution >= 0.6 is 0 Å². The van der Waals surface area contributed by atoms with Crippen molar-refractivity contribution >= 4 is 23.3 Å². The molecule has 2 saturated carbocycles. The van der Waals surface area contributed by atoms with Crippen molar-refractivity contribution in [3.8, 4) is 11.5 Å². The largest absolute Gasteiger partial charge is 0.506 e. The van der Waals surface area contributed by atoms with Crippen LogP contribution in [0.3, 0.4) is 0 Å². The number of ether oxygens (including phenoxy) is 1. The first-order valence-corrected chi connectivity index (χ1v) is 11.1. The Balaban J connectivity index is 1.36. The SMILES string of the molecule is C[C@@]12C[C@@]34C=CC(=O)[C@@](C)(CCC(=O)Nc5c(O)ccc(C(N)=O)c5O)C3[C@H](CC1C4)O2. The Hall–Kier alpha value is -2.87. The van der Waals surface area contributed by atoms with Gasteiger partial charge in [-0.2, -0.15) is 0 Å². The average Bonchev–Trinajstić information content (AvgIpc) is 3.08. The van der Waals surface area contributed by atoms with E-state index in [-0.39, 0.29) is 52.2 Å². The number of hydrogen-bond acceptors (Lipinski definition) is 6. The Morgan fingerprint density at radius 3 is 2.72 bits per heavy atom. The normalized spacial score (nSPS) is 38.7. The number of phenols is 2. The quantitative estimate of drug-likeness (QED) is 0.519. The number of carbonyl (C=O) groups excluding carboxylic acids is 3. The van der Waals surface area contributed by atoms with Crippen molar-refractivity contribution in [3.05, 3.63) is 29.8 Å². The van der Waals surface area contributed by atoms with Gasteiger partial charge in [0.25, 0.3) is 5.91 Å². The first-order chi connectivity index (χ1) is 15.0. The van der Waals surface area contributed by atoms with Gasteiger partial charge in [0, 0.05) is 17.8 Å². The van der Waals surface area contributed by atoms with E-state index in [4.69, 9.17) is 10.5 Å². The van der Waals surface area contributed by atoms with Gasteiger partial charge >= 0.3 is 0 Å². The van der Waals surface area contributed by atoms with E-state index in [0.717, 1.165) is 19.3 Å². The first kappa shape index (κ1) is 21.0. The molecule has 1 spiro atoms. The topological polar surface area (TPSA) is 139 Å². The Morgan fingerprint density at radius 1 is 1.28 bits per heavy atom. The molecule has 2 amide bonds. The molecule has 6 atom stereocenters. The molecule has 0 aromatic heterocycles. The standard InChI is InChI=1S/C24H28N2O6/c1-22(7-6-17(29)26-18-14(27)4-3-13(19(18)30)21(25)31)16(28)5-8-24-10-12-9-15(20(22)24)32-23(12,2)11-24/h3-5,8,12,15,20,27,30H,6-7,9-11H2,1-2H3,(H2,25,31)(H,26,29)/t12?,15-,20?,22+,23+,24-/m0/s1. The van der Waals surface area contributed by atoms with Crippen molar-refractivity contribution in [1.29, 1.82) is 0 Å². The number of nitrogens with two attached hydrogens (primary N) is 1. The van der Waals surface area contributed by atoms with Gasteiger partial charge in [-0.15, -0.1) is 0 Å². The fraction of sp³-hybridized carbons (Fsp3) is 0.542. The summed E-state index contributed by atoms with van der Waals surface area (Å²) in [6.07, 6.45) is 6.99. The summed E-state index contributed by atoms with van der Waals surface area (Å²) < 4.78 is 6.42. The van der Waals surface area contributed by atoms with Crippen LogP contribution in [0.1, 0.15) is 56.3 Å². The van der Waals surface area contributed by atoms with Crippen LogP contribution in [0.15, 0.2) is 24.3 Å². The maximum absolute atomic E-state index is 13.1. The number of primary amides is 1. The minimum atomic E-state index is -0.880. The number of hydrogen-bond donors (Lipinski definition) is 4. The van der Waals surface area contributed by atoms with Crippen molar-refractivity contribution in [3.63, 3.8) is 0 Å². The number of allylic oxidation sites excluding steroid dienone is 2. The van der Waals surface area contributed by atoms with E-state index >= 15 is 0 Å². The summed E-state index contributed by atoms with van der Waals surface area (Å²) in [5.74, 6) is -1.78. The summed E-state index contributed by atoms with van der Waals surface area (Å²) in [5, 5.41) is 22.7. The fourth-order valence-corrected chi connectivity index (χ4v) is 7.12. The molecule has 8 nitrogen and oxygen atoms in total. The zero-order valence-electron chi connectivity index (χ0n) is 18.2. The molecule has 8 heteroatoms. The van der Waals surface area contributed by atoms with E-state index in [0.29, 0.717) is 12.3 Å². The summed E-state index contributed by atoms with van der Waals surface area (Å²) >= 11 is 0. The number of carbonyl (C=O) groups is 3. The second-order valence-corrected chi connectivity index (χ2v) is 10.4. The summed E-state index contributed by atoms with van der Waals surface area (Å²) in [4.78, 5) is 37.3. The lowest BCUT2D eigenvalue weighted by Crippen LogP contribution is -2.56. The second-order valence-electron chi connectivity index (χ2n) is 10.4. The van der Waals surface area contributed by atoms with Gasteiger partial charge in [-0.25, -0.2) is 0 Å². The monoisotopic (exact) mass is 440 g/mol.